The second kappa shape index (κ2) is 6.52. The fraction of sp³-hybridized carbons (Fsp3) is 0.176. The molecule has 3 rings (SSSR count). The van der Waals surface area contributed by atoms with E-state index in [4.69, 9.17) is 11.6 Å². The third-order valence-electron chi connectivity index (χ3n) is 3.99. The first-order chi connectivity index (χ1) is 11.9. The number of likely N-dealkylation sites (N-methyl/N-ethyl adjacent to an activating group) is 1. The van der Waals surface area contributed by atoms with Crippen LogP contribution in [0.1, 0.15) is 22.8 Å². The Morgan fingerprint density at radius 1 is 1.32 bits per heavy atom. The number of halogens is 1. The number of nitrogens with one attached hydrogen (secondary N) is 1. The van der Waals surface area contributed by atoms with Crippen LogP contribution in [0.2, 0.25) is 5.02 Å². The maximum atomic E-state index is 12.4. The van der Waals surface area contributed by atoms with Crippen LogP contribution in [0.4, 0.5) is 17.1 Å². The Balaban J connectivity index is 1.88. The van der Waals surface area contributed by atoms with Gasteiger partial charge in [0.1, 0.15) is 5.56 Å². The Kier molecular flexibility index (Phi) is 4.41. The summed E-state index contributed by atoms with van der Waals surface area (Å²) in [6.45, 7) is 2.47. The molecule has 0 bridgehead atoms. The van der Waals surface area contributed by atoms with E-state index in [0.29, 0.717) is 12.2 Å². The summed E-state index contributed by atoms with van der Waals surface area (Å²) in [6, 6.07) is 8.93. The third-order valence-corrected chi connectivity index (χ3v) is 4.22. The molecule has 0 unspecified atom stereocenters. The minimum Gasteiger partial charge on any atom is -0.322 e. The van der Waals surface area contributed by atoms with Gasteiger partial charge in [0, 0.05) is 29.0 Å². The van der Waals surface area contributed by atoms with Crippen LogP contribution in [-0.2, 0) is 11.2 Å². The SMILES string of the molecule is CCN1C(=O)Cc2cc(NC(=O)c3cc(Cl)ccc3[N+](=O)[O-])ccc21. The highest BCUT2D eigenvalue weighted by atomic mass is 35.5. The molecule has 0 aliphatic carbocycles. The summed E-state index contributed by atoms with van der Waals surface area (Å²) < 4.78 is 0. The predicted molar refractivity (Wildman–Crippen MR) is 94.2 cm³/mol. The maximum Gasteiger partial charge on any atom is 0.282 e. The van der Waals surface area contributed by atoms with Gasteiger partial charge in [-0.05, 0) is 42.8 Å². The first-order valence-corrected chi connectivity index (χ1v) is 7.97. The molecular formula is C17H14ClN3O4. The third kappa shape index (κ3) is 3.18. The smallest absolute Gasteiger partial charge is 0.282 e. The molecule has 0 atom stereocenters. The van der Waals surface area contributed by atoms with Gasteiger partial charge in [-0.1, -0.05) is 11.6 Å². The van der Waals surface area contributed by atoms with E-state index in [0.717, 1.165) is 11.3 Å². The lowest BCUT2D eigenvalue weighted by molar-refractivity contribution is -0.385. The molecular weight excluding hydrogens is 346 g/mol. The zero-order chi connectivity index (χ0) is 18.1. The number of carbonyl (C=O) groups excluding carboxylic acids is 2. The first kappa shape index (κ1) is 16.9. The molecule has 2 amide bonds. The average molecular weight is 360 g/mol. The van der Waals surface area contributed by atoms with Crippen molar-refractivity contribution in [3.8, 4) is 0 Å². The lowest BCUT2D eigenvalue weighted by Crippen LogP contribution is -2.25. The molecule has 25 heavy (non-hydrogen) atoms. The topological polar surface area (TPSA) is 92.6 Å². The molecule has 0 saturated heterocycles. The van der Waals surface area contributed by atoms with Crippen LogP contribution in [0.25, 0.3) is 0 Å². The van der Waals surface area contributed by atoms with Crippen molar-refractivity contribution in [2.24, 2.45) is 0 Å². The number of benzene rings is 2. The number of hydrogen-bond donors (Lipinski definition) is 1. The standard InChI is InChI=1S/C17H14ClN3O4/c1-2-20-14-6-4-12(7-10(14)8-16(20)22)19-17(23)13-9-11(18)3-5-15(13)21(24)25/h3-7,9H,2,8H2,1H3,(H,19,23). The van der Waals surface area contributed by atoms with Gasteiger partial charge in [0.15, 0.2) is 0 Å². The quantitative estimate of drug-likeness (QED) is 0.668. The molecule has 1 aliphatic rings. The average Bonchev–Trinajstić information content (AvgIpc) is 2.88. The molecule has 0 radical (unpaired) electrons. The highest BCUT2D eigenvalue weighted by molar-refractivity contribution is 6.31. The minimum absolute atomic E-state index is 0.00598. The Labute approximate surface area is 148 Å². The van der Waals surface area contributed by atoms with Gasteiger partial charge in [-0.15, -0.1) is 0 Å². The molecule has 7 nitrogen and oxygen atoms in total. The van der Waals surface area contributed by atoms with Gasteiger partial charge in [0.2, 0.25) is 5.91 Å². The van der Waals surface area contributed by atoms with E-state index in [1.807, 2.05) is 6.92 Å². The zero-order valence-electron chi connectivity index (χ0n) is 13.3. The molecule has 0 spiro atoms. The summed E-state index contributed by atoms with van der Waals surface area (Å²) in [5.41, 5.74) is 1.65. The van der Waals surface area contributed by atoms with Crippen LogP contribution >= 0.6 is 11.6 Å². The molecule has 0 saturated carbocycles. The molecule has 0 aromatic heterocycles. The summed E-state index contributed by atoms with van der Waals surface area (Å²) in [5.74, 6) is -0.628. The van der Waals surface area contributed by atoms with Crippen molar-refractivity contribution < 1.29 is 14.5 Å². The number of amides is 2. The van der Waals surface area contributed by atoms with Crippen LogP contribution in [-0.4, -0.2) is 23.3 Å². The second-order valence-corrected chi connectivity index (χ2v) is 5.97. The van der Waals surface area contributed by atoms with Crippen molar-refractivity contribution >= 4 is 40.5 Å². The Hall–Kier alpha value is -2.93. The van der Waals surface area contributed by atoms with Crippen LogP contribution in [0.5, 0.6) is 0 Å². The largest absolute Gasteiger partial charge is 0.322 e. The van der Waals surface area contributed by atoms with E-state index < -0.39 is 10.8 Å². The van der Waals surface area contributed by atoms with E-state index in [1.165, 1.54) is 18.2 Å². The van der Waals surface area contributed by atoms with E-state index >= 15 is 0 Å². The van der Waals surface area contributed by atoms with Crippen LogP contribution in [0.3, 0.4) is 0 Å². The van der Waals surface area contributed by atoms with Crippen molar-refractivity contribution in [3.05, 3.63) is 62.7 Å². The highest BCUT2D eigenvalue weighted by Crippen LogP contribution is 2.31. The fourth-order valence-electron chi connectivity index (χ4n) is 2.86. The second-order valence-electron chi connectivity index (χ2n) is 5.53. The molecule has 1 N–H and O–H groups in total. The monoisotopic (exact) mass is 359 g/mol. The van der Waals surface area contributed by atoms with Crippen LogP contribution in [0.15, 0.2) is 36.4 Å². The summed E-state index contributed by atoms with van der Waals surface area (Å²) in [6.07, 6.45) is 0.268. The summed E-state index contributed by atoms with van der Waals surface area (Å²) >= 11 is 5.85. The van der Waals surface area contributed by atoms with E-state index in [-0.39, 0.29) is 28.6 Å². The van der Waals surface area contributed by atoms with E-state index in [9.17, 15) is 19.7 Å². The van der Waals surface area contributed by atoms with Gasteiger partial charge in [-0.3, -0.25) is 19.7 Å². The minimum atomic E-state index is -0.633. The zero-order valence-corrected chi connectivity index (χ0v) is 14.0. The summed E-state index contributed by atoms with van der Waals surface area (Å²) in [4.78, 5) is 36.5. The molecule has 2 aromatic carbocycles. The Morgan fingerprint density at radius 3 is 2.76 bits per heavy atom. The van der Waals surface area contributed by atoms with Crippen molar-refractivity contribution in [1.82, 2.24) is 0 Å². The molecule has 0 fully saturated rings. The number of fused-ring (bicyclic) bond motifs is 1. The number of nitro benzene ring substituents is 1. The normalized spacial score (nSPS) is 12.9. The van der Waals surface area contributed by atoms with Crippen molar-refractivity contribution in [2.75, 3.05) is 16.8 Å². The number of anilines is 2. The van der Waals surface area contributed by atoms with Gasteiger partial charge in [0.05, 0.1) is 11.3 Å². The molecule has 1 heterocycles. The van der Waals surface area contributed by atoms with Gasteiger partial charge >= 0.3 is 0 Å². The predicted octanol–water partition coefficient (Wildman–Crippen LogP) is 3.41. The number of hydrogen-bond acceptors (Lipinski definition) is 4. The van der Waals surface area contributed by atoms with Gasteiger partial charge in [0.25, 0.3) is 11.6 Å². The summed E-state index contributed by atoms with van der Waals surface area (Å²) in [7, 11) is 0. The van der Waals surface area contributed by atoms with Crippen molar-refractivity contribution in [1.29, 1.82) is 0 Å². The van der Waals surface area contributed by atoms with Crippen LogP contribution in [0, 0.1) is 10.1 Å². The number of nitrogens with zero attached hydrogens (tertiary/aromatic N) is 2. The lowest BCUT2D eigenvalue weighted by atomic mass is 10.1. The van der Waals surface area contributed by atoms with Crippen molar-refractivity contribution in [2.45, 2.75) is 13.3 Å². The Bertz CT molecular complexity index is 897. The van der Waals surface area contributed by atoms with Crippen LogP contribution < -0.4 is 10.2 Å². The highest BCUT2D eigenvalue weighted by Gasteiger charge is 2.26. The van der Waals surface area contributed by atoms with Gasteiger partial charge in [-0.25, -0.2) is 0 Å². The van der Waals surface area contributed by atoms with E-state index in [1.54, 1.807) is 23.1 Å². The summed E-state index contributed by atoms with van der Waals surface area (Å²) in [5, 5.41) is 13.9. The molecule has 1 aliphatic heterocycles. The van der Waals surface area contributed by atoms with Gasteiger partial charge < -0.3 is 10.2 Å². The number of carbonyl (C=O) groups is 2. The maximum absolute atomic E-state index is 12.4. The Morgan fingerprint density at radius 2 is 2.08 bits per heavy atom. The van der Waals surface area contributed by atoms with Crippen molar-refractivity contribution in [3.63, 3.8) is 0 Å². The number of nitro groups is 1. The fourth-order valence-corrected chi connectivity index (χ4v) is 3.03. The molecule has 128 valence electrons. The van der Waals surface area contributed by atoms with E-state index in [2.05, 4.69) is 5.32 Å². The molecule has 8 heteroatoms. The first-order valence-electron chi connectivity index (χ1n) is 7.59. The number of rotatable bonds is 4. The lowest BCUT2D eigenvalue weighted by Gasteiger charge is -2.15. The molecule has 2 aromatic rings. The van der Waals surface area contributed by atoms with Gasteiger partial charge in [-0.2, -0.15) is 0 Å².